The average Bonchev–Trinajstić information content (AvgIpc) is 2.49. The van der Waals surface area contributed by atoms with E-state index in [1.807, 2.05) is 6.92 Å². The summed E-state index contributed by atoms with van der Waals surface area (Å²) in [6.07, 6.45) is -2.60. The van der Waals surface area contributed by atoms with Crippen molar-refractivity contribution < 1.29 is 26.4 Å². The summed E-state index contributed by atoms with van der Waals surface area (Å²) in [7, 11) is -3.99. The molecule has 3 nitrogen and oxygen atoms in total. The van der Waals surface area contributed by atoms with E-state index >= 15 is 0 Å². The summed E-state index contributed by atoms with van der Waals surface area (Å²) in [6.45, 7) is 2.01. The Labute approximate surface area is 150 Å². The van der Waals surface area contributed by atoms with E-state index in [0.717, 1.165) is 35.8 Å². The molecular formula is C17H21F3O3S2. The zero-order valence-corrected chi connectivity index (χ0v) is 15.6. The van der Waals surface area contributed by atoms with Gasteiger partial charge in [-0.15, -0.1) is 0 Å². The molecule has 140 valence electrons. The minimum atomic E-state index is -4.52. The number of thioether (sulfide) groups is 1. The van der Waals surface area contributed by atoms with Crippen molar-refractivity contribution >= 4 is 27.4 Å². The van der Waals surface area contributed by atoms with Crippen molar-refractivity contribution in [2.45, 2.75) is 54.8 Å². The molecule has 1 aromatic rings. The molecular weight excluding hydrogens is 373 g/mol. The molecule has 0 aliphatic heterocycles. The fourth-order valence-electron chi connectivity index (χ4n) is 2.95. The molecule has 2 rings (SSSR count). The van der Waals surface area contributed by atoms with Gasteiger partial charge in [-0.05, 0) is 61.5 Å². The van der Waals surface area contributed by atoms with E-state index in [1.54, 1.807) is 11.8 Å². The first kappa shape index (κ1) is 20.3. The van der Waals surface area contributed by atoms with E-state index in [4.69, 9.17) is 0 Å². The molecule has 0 radical (unpaired) electrons. The van der Waals surface area contributed by atoms with E-state index in [0.29, 0.717) is 12.8 Å². The van der Waals surface area contributed by atoms with Crippen LogP contribution < -0.4 is 0 Å². The summed E-state index contributed by atoms with van der Waals surface area (Å²) in [4.78, 5) is 12.4. The van der Waals surface area contributed by atoms with Crippen LogP contribution in [0.4, 0.5) is 13.2 Å². The largest absolute Gasteiger partial charge is 0.416 e. The van der Waals surface area contributed by atoms with Gasteiger partial charge in [-0.1, -0.05) is 6.92 Å². The normalized spacial score (nSPS) is 17.1. The second-order valence-corrected chi connectivity index (χ2v) is 9.75. The Kier molecular flexibility index (Phi) is 6.25. The highest BCUT2D eigenvalue weighted by Crippen LogP contribution is 2.45. The lowest BCUT2D eigenvalue weighted by molar-refractivity contribution is -0.137. The summed E-state index contributed by atoms with van der Waals surface area (Å²) in [6, 6.07) is 3.42. The van der Waals surface area contributed by atoms with Crippen LogP contribution in [-0.4, -0.2) is 30.5 Å². The maximum absolute atomic E-state index is 12.9. The van der Waals surface area contributed by atoms with Gasteiger partial charge in [0, 0.05) is 6.42 Å². The molecule has 1 aliphatic rings. The Morgan fingerprint density at radius 3 is 2.24 bits per heavy atom. The van der Waals surface area contributed by atoms with Crippen LogP contribution in [0.3, 0.4) is 0 Å². The Bertz CT molecular complexity index is 706. The van der Waals surface area contributed by atoms with Gasteiger partial charge in [0.25, 0.3) is 0 Å². The highest BCUT2D eigenvalue weighted by molar-refractivity contribution is 7.99. The average molecular weight is 394 g/mol. The zero-order chi connectivity index (χ0) is 18.7. The summed E-state index contributed by atoms with van der Waals surface area (Å²) >= 11 is 1.69. The van der Waals surface area contributed by atoms with E-state index in [-0.39, 0.29) is 29.9 Å². The van der Waals surface area contributed by atoms with Crippen molar-refractivity contribution in [1.82, 2.24) is 0 Å². The van der Waals surface area contributed by atoms with Crippen molar-refractivity contribution in [2.24, 2.45) is 0 Å². The monoisotopic (exact) mass is 394 g/mol. The lowest BCUT2D eigenvalue weighted by Crippen LogP contribution is -2.52. The molecule has 1 aromatic carbocycles. The number of carbonyl (C=O) groups excluding carboxylic acids is 1. The first-order chi connectivity index (χ1) is 11.6. The number of benzene rings is 1. The third-order valence-corrected chi connectivity index (χ3v) is 8.12. The summed E-state index contributed by atoms with van der Waals surface area (Å²) < 4.78 is 62.3. The van der Waals surface area contributed by atoms with Gasteiger partial charge in [0.1, 0.15) is 4.75 Å². The fraction of sp³-hybridized carbons (Fsp3) is 0.588. The van der Waals surface area contributed by atoms with Gasteiger partial charge in [-0.25, -0.2) is 8.42 Å². The highest BCUT2D eigenvalue weighted by Gasteiger charge is 2.54. The molecule has 0 unspecified atom stereocenters. The smallest absolute Gasteiger partial charge is 0.298 e. The minimum absolute atomic E-state index is 0.187. The van der Waals surface area contributed by atoms with Crippen LogP contribution in [-0.2, 0) is 20.8 Å². The molecule has 25 heavy (non-hydrogen) atoms. The topological polar surface area (TPSA) is 51.2 Å². The van der Waals surface area contributed by atoms with Gasteiger partial charge >= 0.3 is 6.18 Å². The zero-order valence-electron chi connectivity index (χ0n) is 13.9. The molecule has 0 aromatic heterocycles. The van der Waals surface area contributed by atoms with Crippen molar-refractivity contribution in [2.75, 3.05) is 11.5 Å². The number of halogens is 3. The fourth-order valence-corrected chi connectivity index (χ4v) is 5.76. The Balaban J connectivity index is 2.22. The first-order valence-electron chi connectivity index (χ1n) is 8.18. The van der Waals surface area contributed by atoms with Crippen LogP contribution in [0.5, 0.6) is 0 Å². The van der Waals surface area contributed by atoms with E-state index in [2.05, 4.69) is 0 Å². The SMILES string of the molecule is CCSCCCC(=O)C1(S(=O)(=O)c2ccc(C(F)(F)F)cc2)CCC1. The number of carbonyl (C=O) groups is 1. The second kappa shape index (κ2) is 7.70. The van der Waals surface area contributed by atoms with Crippen LogP contribution in [0, 0.1) is 0 Å². The lowest BCUT2D eigenvalue weighted by atomic mass is 9.79. The Morgan fingerprint density at radius 1 is 1.20 bits per heavy atom. The van der Waals surface area contributed by atoms with Crippen molar-refractivity contribution in [3.8, 4) is 0 Å². The molecule has 0 N–H and O–H groups in total. The van der Waals surface area contributed by atoms with Crippen molar-refractivity contribution in [1.29, 1.82) is 0 Å². The molecule has 0 spiro atoms. The third-order valence-electron chi connectivity index (χ3n) is 4.57. The number of hydrogen-bond acceptors (Lipinski definition) is 4. The molecule has 1 fully saturated rings. The van der Waals surface area contributed by atoms with Gasteiger partial charge in [0.2, 0.25) is 0 Å². The molecule has 0 heterocycles. The Hall–Kier alpha value is -1.02. The van der Waals surface area contributed by atoms with E-state index in [9.17, 15) is 26.4 Å². The summed E-state index contributed by atoms with van der Waals surface area (Å²) in [5, 5.41) is 0. The number of ketones is 1. The maximum atomic E-state index is 12.9. The molecule has 1 saturated carbocycles. The minimum Gasteiger partial charge on any atom is -0.298 e. The van der Waals surface area contributed by atoms with Crippen LogP contribution in [0.25, 0.3) is 0 Å². The van der Waals surface area contributed by atoms with Gasteiger partial charge in [0.05, 0.1) is 10.5 Å². The molecule has 0 saturated heterocycles. The van der Waals surface area contributed by atoms with Crippen LogP contribution in [0.1, 0.15) is 44.6 Å². The molecule has 0 atom stereocenters. The number of hydrogen-bond donors (Lipinski definition) is 0. The predicted molar refractivity (Wildman–Crippen MR) is 92.5 cm³/mol. The molecule has 1 aliphatic carbocycles. The predicted octanol–water partition coefficient (Wildman–Crippen LogP) is 4.50. The van der Waals surface area contributed by atoms with Gasteiger partial charge in [-0.2, -0.15) is 24.9 Å². The summed E-state index contributed by atoms with van der Waals surface area (Å²) in [5.74, 6) is 1.41. The molecule has 0 amide bonds. The van der Waals surface area contributed by atoms with Crippen molar-refractivity contribution in [3.05, 3.63) is 29.8 Å². The van der Waals surface area contributed by atoms with Gasteiger partial charge in [-0.3, -0.25) is 4.79 Å². The number of Topliss-reactive ketones (excluding diaryl/α,β-unsaturated/α-hetero) is 1. The van der Waals surface area contributed by atoms with Crippen LogP contribution in [0.15, 0.2) is 29.2 Å². The number of rotatable bonds is 8. The van der Waals surface area contributed by atoms with Gasteiger partial charge in [0.15, 0.2) is 15.6 Å². The van der Waals surface area contributed by atoms with Gasteiger partial charge < -0.3 is 0 Å². The van der Waals surface area contributed by atoms with Crippen LogP contribution >= 0.6 is 11.8 Å². The third kappa shape index (κ3) is 4.05. The van der Waals surface area contributed by atoms with E-state index < -0.39 is 26.3 Å². The molecule has 0 bridgehead atoms. The lowest BCUT2D eigenvalue weighted by Gasteiger charge is -2.39. The first-order valence-corrected chi connectivity index (χ1v) is 10.8. The second-order valence-electron chi connectivity index (χ2n) is 6.10. The van der Waals surface area contributed by atoms with E-state index in [1.165, 1.54) is 0 Å². The number of alkyl halides is 3. The molecule has 8 heteroatoms. The standard InChI is InChI=1S/C17H21F3O3S2/c1-2-24-12-3-5-15(21)16(10-4-11-16)25(22,23)14-8-6-13(7-9-14)17(18,19)20/h6-9H,2-5,10-12H2,1H3. The summed E-state index contributed by atoms with van der Waals surface area (Å²) in [5.41, 5.74) is -0.906. The highest BCUT2D eigenvalue weighted by atomic mass is 32.2. The van der Waals surface area contributed by atoms with Crippen LogP contribution in [0.2, 0.25) is 0 Å². The maximum Gasteiger partial charge on any atom is 0.416 e. The quantitative estimate of drug-likeness (QED) is 0.609. The number of sulfone groups is 1. The Morgan fingerprint density at radius 2 is 1.80 bits per heavy atom. The van der Waals surface area contributed by atoms with Crippen molar-refractivity contribution in [3.63, 3.8) is 0 Å².